The van der Waals surface area contributed by atoms with Gasteiger partial charge in [-0.05, 0) is 132 Å². The van der Waals surface area contributed by atoms with E-state index in [4.69, 9.17) is 4.74 Å². The van der Waals surface area contributed by atoms with Crippen LogP contribution in [0.1, 0.15) is 113 Å². The van der Waals surface area contributed by atoms with Crippen molar-refractivity contribution in [2.75, 3.05) is 0 Å². The minimum absolute atomic E-state index is 0.0170. The molecule has 34 heavy (non-hydrogen) atoms. The van der Waals surface area contributed by atoms with Crippen molar-refractivity contribution in [3.8, 4) is 0 Å². The highest BCUT2D eigenvalue weighted by Crippen LogP contribution is 2.69. The molecule has 10 atom stereocenters. The first-order valence-corrected chi connectivity index (χ1v) is 14.2. The third-order valence-corrected chi connectivity index (χ3v) is 11.3. The molecule has 0 bridgehead atoms. The molecule has 0 heterocycles. The molecule has 194 valence electrons. The van der Waals surface area contributed by atoms with Gasteiger partial charge in [-0.25, -0.2) is 0 Å². The lowest BCUT2D eigenvalue weighted by Crippen LogP contribution is -2.58. The number of ether oxygens (including phenoxy) is 1. The monoisotopic (exact) mass is 474 g/mol. The third-order valence-electron chi connectivity index (χ3n) is 11.3. The molecule has 4 rings (SSSR count). The van der Waals surface area contributed by atoms with Gasteiger partial charge in [0, 0.05) is 12.3 Å². The molecular formula is C30H50O4. The first-order valence-electron chi connectivity index (χ1n) is 14.2. The zero-order valence-corrected chi connectivity index (χ0v) is 22.9. The van der Waals surface area contributed by atoms with E-state index in [0.29, 0.717) is 53.6 Å². The van der Waals surface area contributed by atoms with Gasteiger partial charge >= 0.3 is 5.97 Å². The second kappa shape index (κ2) is 9.20. The van der Waals surface area contributed by atoms with Gasteiger partial charge < -0.3 is 9.84 Å². The van der Waals surface area contributed by atoms with Gasteiger partial charge in [0.05, 0.1) is 6.10 Å². The zero-order valence-electron chi connectivity index (χ0n) is 22.9. The van der Waals surface area contributed by atoms with Crippen LogP contribution in [0, 0.1) is 52.3 Å². The minimum Gasteiger partial charge on any atom is -0.460 e. The van der Waals surface area contributed by atoms with Crippen LogP contribution in [-0.4, -0.2) is 28.6 Å². The molecule has 1 N–H and O–H groups in total. The maximum Gasteiger partial charge on any atom is 0.306 e. The van der Waals surface area contributed by atoms with Crippen LogP contribution in [0.5, 0.6) is 0 Å². The van der Waals surface area contributed by atoms with E-state index >= 15 is 0 Å². The quantitative estimate of drug-likeness (QED) is 0.457. The molecule has 4 nitrogen and oxygen atoms in total. The molecule has 4 fully saturated rings. The predicted molar refractivity (Wildman–Crippen MR) is 135 cm³/mol. The number of carbonyl (C=O) groups is 2. The van der Waals surface area contributed by atoms with Crippen LogP contribution in [0.4, 0.5) is 0 Å². The van der Waals surface area contributed by atoms with Gasteiger partial charge in [-0.2, -0.15) is 0 Å². The number of ketones is 1. The number of esters is 1. The Morgan fingerprint density at radius 2 is 1.74 bits per heavy atom. The Morgan fingerprint density at radius 3 is 2.38 bits per heavy atom. The summed E-state index contributed by atoms with van der Waals surface area (Å²) in [6.07, 6.45) is 10.2. The molecule has 2 unspecified atom stereocenters. The van der Waals surface area contributed by atoms with Crippen molar-refractivity contribution in [1.82, 2.24) is 0 Å². The smallest absolute Gasteiger partial charge is 0.306 e. The van der Waals surface area contributed by atoms with Crippen molar-refractivity contribution in [1.29, 1.82) is 0 Å². The summed E-state index contributed by atoms with van der Waals surface area (Å²) in [6, 6.07) is 0. The van der Waals surface area contributed by atoms with Crippen LogP contribution in [-0.2, 0) is 14.3 Å². The van der Waals surface area contributed by atoms with E-state index in [2.05, 4.69) is 20.8 Å². The molecule has 0 aromatic rings. The fraction of sp³-hybridized carbons (Fsp3) is 0.933. The molecule has 0 saturated heterocycles. The SMILES string of the molecule is CC(=O)C1C[C@@H](O)CC2CC[C@@H]3[C@H](CC[C@]4(C)[C@@H]([C@H](C)CCC(=O)OC(C)(C)C)CC[C@@H]34)[C@]21C. The first-order chi connectivity index (χ1) is 15.8. The number of carbonyl (C=O) groups excluding carboxylic acids is 2. The van der Waals surface area contributed by atoms with E-state index in [1.165, 1.54) is 38.5 Å². The number of Topliss-reactive ketones (excluding diaryl/α,β-unsaturated/α-hetero) is 1. The highest BCUT2D eigenvalue weighted by atomic mass is 16.6. The molecule has 4 heteroatoms. The molecule has 0 amide bonds. The van der Waals surface area contributed by atoms with Crippen LogP contribution in [0.15, 0.2) is 0 Å². The van der Waals surface area contributed by atoms with Crippen molar-refractivity contribution in [3.63, 3.8) is 0 Å². The van der Waals surface area contributed by atoms with Crippen LogP contribution >= 0.6 is 0 Å². The summed E-state index contributed by atoms with van der Waals surface area (Å²) in [5.74, 6) is 3.98. The van der Waals surface area contributed by atoms with E-state index in [1.54, 1.807) is 6.92 Å². The van der Waals surface area contributed by atoms with Crippen molar-refractivity contribution >= 4 is 11.8 Å². The zero-order chi connectivity index (χ0) is 25.1. The third kappa shape index (κ3) is 4.50. The molecule has 4 aliphatic rings. The molecule has 0 aromatic carbocycles. The summed E-state index contributed by atoms with van der Waals surface area (Å²) in [5, 5.41) is 10.5. The number of aliphatic hydroxyl groups is 1. The average molecular weight is 475 g/mol. The maximum atomic E-state index is 12.8. The van der Waals surface area contributed by atoms with Gasteiger partial charge in [0.1, 0.15) is 11.4 Å². The van der Waals surface area contributed by atoms with Gasteiger partial charge in [-0.15, -0.1) is 0 Å². The van der Waals surface area contributed by atoms with Gasteiger partial charge in [0.15, 0.2) is 0 Å². The lowest BCUT2D eigenvalue weighted by molar-refractivity contribution is -0.168. The van der Waals surface area contributed by atoms with E-state index in [9.17, 15) is 14.7 Å². The van der Waals surface area contributed by atoms with Crippen LogP contribution in [0.3, 0.4) is 0 Å². The number of hydrogen-bond acceptors (Lipinski definition) is 4. The summed E-state index contributed by atoms with van der Waals surface area (Å²) >= 11 is 0. The molecule has 4 saturated carbocycles. The maximum absolute atomic E-state index is 12.8. The Balaban J connectivity index is 1.48. The summed E-state index contributed by atoms with van der Waals surface area (Å²) in [7, 11) is 0. The topological polar surface area (TPSA) is 63.6 Å². The average Bonchev–Trinajstić information content (AvgIpc) is 3.08. The summed E-state index contributed by atoms with van der Waals surface area (Å²) in [5.41, 5.74) is -0.0156. The number of hydrogen-bond donors (Lipinski definition) is 1. The van der Waals surface area contributed by atoms with Crippen LogP contribution in [0.2, 0.25) is 0 Å². The van der Waals surface area contributed by atoms with Crippen LogP contribution in [0.25, 0.3) is 0 Å². The normalized spacial score (nSPS) is 45.0. The summed E-state index contributed by atoms with van der Waals surface area (Å²) < 4.78 is 5.57. The van der Waals surface area contributed by atoms with Gasteiger partial charge in [0.25, 0.3) is 0 Å². The van der Waals surface area contributed by atoms with E-state index in [0.717, 1.165) is 18.8 Å². The first kappa shape index (κ1) is 26.2. The fourth-order valence-electron chi connectivity index (χ4n) is 9.85. The Labute approximate surface area is 208 Å². The highest BCUT2D eigenvalue weighted by molar-refractivity contribution is 5.79. The Hall–Kier alpha value is -0.900. The van der Waals surface area contributed by atoms with Gasteiger partial charge in [0.2, 0.25) is 0 Å². The van der Waals surface area contributed by atoms with Crippen molar-refractivity contribution in [2.45, 2.75) is 124 Å². The molecular weight excluding hydrogens is 424 g/mol. The molecule has 4 aliphatic carbocycles. The molecule has 0 aromatic heterocycles. The fourth-order valence-corrected chi connectivity index (χ4v) is 9.85. The second-order valence-corrected chi connectivity index (χ2v) is 14.1. The highest BCUT2D eigenvalue weighted by Gasteiger charge is 2.63. The molecule has 0 radical (unpaired) electrons. The van der Waals surface area contributed by atoms with E-state index in [-0.39, 0.29) is 23.4 Å². The molecule has 0 aliphatic heterocycles. The number of aliphatic hydroxyl groups excluding tert-OH is 1. The number of fused-ring (bicyclic) bond motifs is 5. The Kier molecular flexibility index (Phi) is 7.08. The Bertz CT molecular complexity index is 783. The molecule has 0 spiro atoms. The standard InChI is InChI=1S/C30H50O4/c1-18(8-13-27(33)34-28(3,4)5)23-11-12-24-22-10-9-20-16-21(32)17-26(19(2)31)30(20,7)25(22)14-15-29(23,24)6/h18,20-26,32H,8-17H2,1-7H3/t18-,20?,21+,22+,23-,24+,25+,26?,29-,30+/m1/s1. The largest absolute Gasteiger partial charge is 0.460 e. The number of rotatable bonds is 5. The summed E-state index contributed by atoms with van der Waals surface area (Å²) in [4.78, 5) is 25.1. The lowest BCUT2D eigenvalue weighted by atomic mass is 9.42. The van der Waals surface area contributed by atoms with Crippen molar-refractivity contribution in [2.24, 2.45) is 52.3 Å². The summed E-state index contributed by atoms with van der Waals surface area (Å²) in [6.45, 7) is 14.9. The Morgan fingerprint density at radius 1 is 1.03 bits per heavy atom. The van der Waals surface area contributed by atoms with Crippen LogP contribution < -0.4 is 0 Å². The van der Waals surface area contributed by atoms with E-state index < -0.39 is 5.60 Å². The lowest BCUT2D eigenvalue weighted by Gasteiger charge is -2.63. The minimum atomic E-state index is -0.412. The van der Waals surface area contributed by atoms with Gasteiger partial charge in [-0.1, -0.05) is 20.8 Å². The predicted octanol–water partition coefficient (Wildman–Crippen LogP) is 6.58. The van der Waals surface area contributed by atoms with Crippen molar-refractivity contribution < 1.29 is 19.4 Å². The van der Waals surface area contributed by atoms with Gasteiger partial charge in [-0.3, -0.25) is 9.59 Å². The van der Waals surface area contributed by atoms with Crippen molar-refractivity contribution in [3.05, 3.63) is 0 Å². The van der Waals surface area contributed by atoms with E-state index in [1.807, 2.05) is 20.8 Å². The second-order valence-electron chi connectivity index (χ2n) is 14.1.